The molecule has 0 aliphatic heterocycles. The van der Waals surface area contributed by atoms with Gasteiger partial charge in [-0.15, -0.1) is 0 Å². The van der Waals surface area contributed by atoms with Crippen LogP contribution in [0.3, 0.4) is 0 Å². The van der Waals surface area contributed by atoms with Gasteiger partial charge in [-0.05, 0) is 24.0 Å². The second kappa shape index (κ2) is 9.05. The van der Waals surface area contributed by atoms with Gasteiger partial charge in [-0.3, -0.25) is 14.4 Å². The number of nitrogens with one attached hydrogen (secondary N) is 1. The molecule has 1 amide bonds. The van der Waals surface area contributed by atoms with Crippen LogP contribution >= 0.6 is 0 Å². The first kappa shape index (κ1) is 18.8. The maximum absolute atomic E-state index is 12.4. The summed E-state index contributed by atoms with van der Waals surface area (Å²) in [5.41, 5.74) is 6.32. The van der Waals surface area contributed by atoms with Gasteiger partial charge in [0.15, 0.2) is 5.78 Å². The van der Waals surface area contributed by atoms with Gasteiger partial charge in [0.2, 0.25) is 5.91 Å². The van der Waals surface area contributed by atoms with Crippen molar-refractivity contribution in [2.24, 2.45) is 11.7 Å². The zero-order chi connectivity index (χ0) is 17.4. The number of hydrogen-bond acceptors (Lipinski definition) is 4. The van der Waals surface area contributed by atoms with Gasteiger partial charge in [-0.25, -0.2) is 0 Å². The number of hydrogen-bond donors (Lipinski definition) is 3. The normalized spacial score (nSPS) is 14.6. The molecule has 6 heteroatoms. The summed E-state index contributed by atoms with van der Waals surface area (Å²) >= 11 is 0. The van der Waals surface area contributed by atoms with E-state index in [1.165, 1.54) is 6.92 Å². The number of Topliss-reactive ketones (excluding diaryl/α,β-unsaturated/α-hetero) is 1. The van der Waals surface area contributed by atoms with Gasteiger partial charge in [-0.1, -0.05) is 31.2 Å². The van der Waals surface area contributed by atoms with Gasteiger partial charge in [0.05, 0.1) is 6.04 Å². The summed E-state index contributed by atoms with van der Waals surface area (Å²) in [6, 6.07) is 8.65. The van der Waals surface area contributed by atoms with Gasteiger partial charge in [0.25, 0.3) is 0 Å². The molecule has 0 bridgehead atoms. The van der Waals surface area contributed by atoms with Crippen LogP contribution in [0, 0.1) is 12.0 Å². The molecule has 0 heterocycles. The van der Waals surface area contributed by atoms with Crippen molar-refractivity contribution >= 4 is 17.7 Å². The van der Waals surface area contributed by atoms with E-state index in [1.807, 2.05) is 18.2 Å². The highest BCUT2D eigenvalue weighted by Crippen LogP contribution is 2.14. The van der Waals surface area contributed by atoms with Crippen LogP contribution in [0.4, 0.5) is 0 Å². The molecule has 1 rings (SSSR count). The lowest BCUT2D eigenvalue weighted by atomic mass is 9.92. The number of rotatable bonds is 9. The molecule has 0 saturated heterocycles. The molecule has 0 spiro atoms. The Morgan fingerprint density at radius 1 is 1.35 bits per heavy atom. The lowest BCUT2D eigenvalue weighted by molar-refractivity contribution is -0.139. The fraction of sp³-hybridized carbons (Fsp3) is 0.471. The van der Waals surface area contributed by atoms with E-state index in [-0.39, 0.29) is 30.4 Å². The highest BCUT2D eigenvalue weighted by molar-refractivity contribution is 5.88. The molecule has 0 aliphatic rings. The molecule has 1 aromatic rings. The van der Waals surface area contributed by atoms with Crippen molar-refractivity contribution < 1.29 is 19.5 Å². The highest BCUT2D eigenvalue weighted by Gasteiger charge is 2.24. The minimum Gasteiger partial charge on any atom is -0.480 e. The summed E-state index contributed by atoms with van der Waals surface area (Å²) in [4.78, 5) is 34.5. The average molecular weight is 319 g/mol. The lowest BCUT2D eigenvalue weighted by Crippen LogP contribution is -2.42. The molecule has 3 atom stereocenters. The Bertz CT molecular complexity index is 545. The summed E-state index contributed by atoms with van der Waals surface area (Å²) in [5.74, 6) is -1.68. The van der Waals surface area contributed by atoms with Crippen molar-refractivity contribution in [3.8, 4) is 0 Å². The average Bonchev–Trinajstić information content (AvgIpc) is 2.46. The van der Waals surface area contributed by atoms with Crippen molar-refractivity contribution in [1.29, 1.82) is 0 Å². The molecule has 1 aromatic carbocycles. The molecule has 0 aliphatic carbocycles. The number of ketones is 1. The summed E-state index contributed by atoms with van der Waals surface area (Å²) in [6.07, 6.45) is 0.737. The van der Waals surface area contributed by atoms with E-state index in [0.29, 0.717) is 6.42 Å². The van der Waals surface area contributed by atoms with Gasteiger partial charge in [0.1, 0.15) is 6.04 Å². The van der Waals surface area contributed by atoms with Crippen molar-refractivity contribution in [2.45, 2.75) is 45.2 Å². The summed E-state index contributed by atoms with van der Waals surface area (Å²) < 4.78 is 0. The first-order valence-corrected chi connectivity index (χ1v) is 7.53. The smallest absolute Gasteiger partial charge is 0.320 e. The van der Waals surface area contributed by atoms with E-state index < -0.39 is 18.1 Å². The quantitative estimate of drug-likeness (QED) is 0.627. The van der Waals surface area contributed by atoms with Crippen LogP contribution in [-0.2, 0) is 20.8 Å². The van der Waals surface area contributed by atoms with Gasteiger partial charge in [0, 0.05) is 19.8 Å². The molecule has 6 nitrogen and oxygen atoms in total. The van der Waals surface area contributed by atoms with Crippen molar-refractivity contribution in [2.75, 3.05) is 0 Å². The standard InChI is InChI=1S/C17H23N2O4/c1-11(8-14(18)17(22)23)9-16(21)15(19-12(2)20)10-13-6-4-3-5-7-13/h3-6,11,14-15H,8-10,18H2,1-2H3,(H,19,20)(H,22,23)/t11?,14-,15?/m0/s1. The number of carbonyl (C=O) groups excluding carboxylic acids is 2. The number of amides is 1. The molecule has 2 unspecified atom stereocenters. The van der Waals surface area contributed by atoms with Crippen LogP contribution in [0.25, 0.3) is 0 Å². The zero-order valence-electron chi connectivity index (χ0n) is 13.4. The maximum atomic E-state index is 12.4. The van der Waals surface area contributed by atoms with Crippen LogP contribution in [0.1, 0.15) is 32.3 Å². The van der Waals surface area contributed by atoms with E-state index >= 15 is 0 Å². The second-order valence-corrected chi connectivity index (χ2v) is 5.80. The van der Waals surface area contributed by atoms with Crippen LogP contribution in [0.15, 0.2) is 24.3 Å². The number of benzene rings is 1. The fourth-order valence-corrected chi connectivity index (χ4v) is 2.37. The SMILES string of the molecule is CC(=O)NC(Cc1[c]cccc1)C(=O)CC(C)C[C@H](N)C(=O)O. The Kier molecular flexibility index (Phi) is 7.41. The van der Waals surface area contributed by atoms with Gasteiger partial charge >= 0.3 is 5.97 Å². The minimum atomic E-state index is -1.08. The number of carbonyl (C=O) groups is 3. The Hall–Kier alpha value is -2.21. The predicted octanol–water partition coefficient (Wildman–Crippen LogP) is 0.931. The minimum absolute atomic E-state index is 0.137. The van der Waals surface area contributed by atoms with Gasteiger partial charge in [-0.2, -0.15) is 0 Å². The van der Waals surface area contributed by atoms with Crippen LogP contribution in [0.2, 0.25) is 0 Å². The number of carboxylic acid groups (broad SMARTS) is 1. The Balaban J connectivity index is 2.68. The topological polar surface area (TPSA) is 109 Å². The van der Waals surface area contributed by atoms with E-state index in [1.54, 1.807) is 13.0 Å². The Morgan fingerprint density at radius 2 is 2.04 bits per heavy atom. The van der Waals surface area contributed by atoms with E-state index in [9.17, 15) is 14.4 Å². The first-order valence-electron chi connectivity index (χ1n) is 7.53. The molecule has 23 heavy (non-hydrogen) atoms. The van der Waals surface area contributed by atoms with E-state index in [2.05, 4.69) is 11.4 Å². The van der Waals surface area contributed by atoms with Crippen molar-refractivity contribution in [3.63, 3.8) is 0 Å². The van der Waals surface area contributed by atoms with Crippen molar-refractivity contribution in [3.05, 3.63) is 35.9 Å². The van der Waals surface area contributed by atoms with Crippen LogP contribution in [0.5, 0.6) is 0 Å². The molecule has 0 saturated carbocycles. The summed E-state index contributed by atoms with van der Waals surface area (Å²) in [6.45, 7) is 3.14. The number of nitrogens with two attached hydrogens (primary N) is 1. The van der Waals surface area contributed by atoms with Gasteiger partial charge < -0.3 is 16.2 Å². The molecular formula is C17H23N2O4. The molecule has 0 aromatic heterocycles. The third-order valence-corrected chi connectivity index (χ3v) is 3.49. The maximum Gasteiger partial charge on any atom is 0.320 e. The third-order valence-electron chi connectivity index (χ3n) is 3.49. The number of aliphatic carboxylic acids is 1. The first-order chi connectivity index (χ1) is 10.8. The van der Waals surface area contributed by atoms with Crippen LogP contribution < -0.4 is 11.1 Å². The lowest BCUT2D eigenvalue weighted by Gasteiger charge is -2.20. The largest absolute Gasteiger partial charge is 0.480 e. The molecule has 0 fully saturated rings. The molecule has 4 N–H and O–H groups in total. The highest BCUT2D eigenvalue weighted by atomic mass is 16.4. The van der Waals surface area contributed by atoms with E-state index in [4.69, 9.17) is 10.8 Å². The second-order valence-electron chi connectivity index (χ2n) is 5.80. The predicted molar refractivity (Wildman–Crippen MR) is 85.6 cm³/mol. The summed E-state index contributed by atoms with van der Waals surface area (Å²) in [7, 11) is 0. The third kappa shape index (κ3) is 7.06. The zero-order valence-corrected chi connectivity index (χ0v) is 13.4. The van der Waals surface area contributed by atoms with Crippen molar-refractivity contribution in [1.82, 2.24) is 5.32 Å². The number of carboxylic acids is 1. The Labute approximate surface area is 136 Å². The Morgan fingerprint density at radius 3 is 2.57 bits per heavy atom. The molecule has 125 valence electrons. The molecular weight excluding hydrogens is 296 g/mol. The summed E-state index contributed by atoms with van der Waals surface area (Å²) in [5, 5.41) is 11.5. The van der Waals surface area contributed by atoms with Crippen LogP contribution in [-0.4, -0.2) is 34.8 Å². The monoisotopic (exact) mass is 319 g/mol. The fourth-order valence-electron chi connectivity index (χ4n) is 2.37. The van der Waals surface area contributed by atoms with E-state index in [0.717, 1.165) is 5.56 Å². The molecule has 1 radical (unpaired) electrons.